The molecular weight excluding hydrogens is 180 g/mol. The summed E-state index contributed by atoms with van der Waals surface area (Å²) in [5, 5.41) is 0. The van der Waals surface area contributed by atoms with E-state index >= 15 is 0 Å². The predicted octanol–water partition coefficient (Wildman–Crippen LogP) is 6.24. The summed E-state index contributed by atoms with van der Waals surface area (Å²) in [5.41, 5.74) is 0. The summed E-state index contributed by atoms with van der Waals surface area (Å²) in [7, 11) is 0. The summed E-state index contributed by atoms with van der Waals surface area (Å²) >= 11 is 0. The third kappa shape index (κ3) is 59.2. The smallest absolute Gasteiger partial charge is 0.0265 e. The van der Waals surface area contributed by atoms with Crippen molar-refractivity contribution in [3.05, 3.63) is 25.3 Å². The lowest BCUT2D eigenvalue weighted by molar-refractivity contribution is 0.697. The molecule has 0 aliphatic heterocycles. The van der Waals surface area contributed by atoms with Gasteiger partial charge in [0.05, 0.1) is 0 Å². The van der Waals surface area contributed by atoms with Gasteiger partial charge in [-0.05, 0) is 12.8 Å². The van der Waals surface area contributed by atoms with Gasteiger partial charge < -0.3 is 0 Å². The number of hydrogen-bond donors (Lipinski definition) is 0. The van der Waals surface area contributed by atoms with Crippen LogP contribution < -0.4 is 0 Å². The fourth-order valence-corrected chi connectivity index (χ4v) is 0.465. The molecule has 0 radical (unpaired) electrons. The van der Waals surface area contributed by atoms with Crippen molar-refractivity contribution in [2.75, 3.05) is 0 Å². The van der Waals surface area contributed by atoms with E-state index in [0.29, 0.717) is 0 Å². The summed E-state index contributed by atoms with van der Waals surface area (Å²) in [5.74, 6) is 0.769. The first-order valence-electron chi connectivity index (χ1n) is 6.35. The van der Waals surface area contributed by atoms with Gasteiger partial charge in [0.25, 0.3) is 0 Å². The Bertz CT molecular complexity index is 80.0. The third-order valence-corrected chi connectivity index (χ3v) is 1.66. The highest BCUT2D eigenvalue weighted by Crippen LogP contribution is 2.00. The summed E-state index contributed by atoms with van der Waals surface area (Å²) in [4.78, 5) is 0. The second kappa shape index (κ2) is 37.5. The summed E-state index contributed by atoms with van der Waals surface area (Å²) in [6, 6.07) is 0. The molecule has 0 rings (SSSR count). The van der Waals surface area contributed by atoms with Crippen LogP contribution in [-0.2, 0) is 0 Å². The number of unbranched alkanes of at least 4 members (excludes halogenated alkanes) is 1. The Morgan fingerprint density at radius 2 is 1.33 bits per heavy atom. The highest BCUT2D eigenvalue weighted by Gasteiger charge is 1.85. The zero-order valence-electron chi connectivity index (χ0n) is 12.3. The van der Waals surface area contributed by atoms with Crippen LogP contribution in [0.15, 0.2) is 25.3 Å². The molecule has 0 saturated carbocycles. The second-order valence-electron chi connectivity index (χ2n) is 2.91. The normalized spacial score (nSPS) is 9.80. The lowest BCUT2D eigenvalue weighted by atomic mass is 10.1. The van der Waals surface area contributed by atoms with E-state index < -0.39 is 0 Å². The van der Waals surface area contributed by atoms with Gasteiger partial charge in [-0.15, -0.1) is 13.2 Å². The van der Waals surface area contributed by atoms with Gasteiger partial charge in [-0.25, -0.2) is 0 Å². The molecule has 0 aromatic heterocycles. The quantitative estimate of drug-likeness (QED) is 0.488. The Hall–Kier alpha value is -0.520. The van der Waals surface area contributed by atoms with E-state index in [2.05, 4.69) is 59.9 Å². The van der Waals surface area contributed by atoms with Crippen molar-refractivity contribution in [3.8, 4) is 0 Å². The van der Waals surface area contributed by atoms with E-state index in [-0.39, 0.29) is 0 Å². The Labute approximate surface area is 99.5 Å². The van der Waals surface area contributed by atoms with E-state index in [9.17, 15) is 0 Å². The molecule has 0 N–H and O–H groups in total. The Morgan fingerprint density at radius 1 is 1.00 bits per heavy atom. The standard InChI is InChI=1S/C7H14.C4H10.C2H6.C2H4/c1-4-6-7(3)5-2;1-3-4-2;2*1-2/h4,6-7H,5H2,1-3H3;3-4H2,1-2H3;1-2H3;1-2H2/b6-4+;;;. The second-order valence-corrected chi connectivity index (χ2v) is 2.91. The van der Waals surface area contributed by atoms with Gasteiger partial charge >= 0.3 is 0 Å². The van der Waals surface area contributed by atoms with E-state index in [0.717, 1.165) is 5.92 Å². The zero-order chi connectivity index (χ0) is 13.1. The van der Waals surface area contributed by atoms with Crippen molar-refractivity contribution < 1.29 is 0 Å². The number of hydrogen-bond acceptors (Lipinski definition) is 0. The van der Waals surface area contributed by atoms with Gasteiger partial charge in [0.15, 0.2) is 0 Å². The molecule has 0 aromatic rings. The highest BCUT2D eigenvalue weighted by molar-refractivity contribution is 4.81. The van der Waals surface area contributed by atoms with Crippen LogP contribution in [0.4, 0.5) is 0 Å². The molecule has 0 aliphatic carbocycles. The number of allylic oxidation sites excluding steroid dienone is 2. The molecule has 15 heavy (non-hydrogen) atoms. The van der Waals surface area contributed by atoms with Crippen LogP contribution in [0.25, 0.3) is 0 Å². The monoisotopic (exact) mass is 214 g/mol. The fraction of sp³-hybridized carbons (Fsp3) is 0.733. The lowest BCUT2D eigenvalue weighted by Gasteiger charge is -1.95. The maximum atomic E-state index is 3.00. The van der Waals surface area contributed by atoms with Crippen LogP contribution in [0, 0.1) is 5.92 Å². The van der Waals surface area contributed by atoms with Crippen LogP contribution >= 0.6 is 0 Å². The van der Waals surface area contributed by atoms with Crippen LogP contribution in [0.3, 0.4) is 0 Å². The van der Waals surface area contributed by atoms with E-state index in [1.165, 1.54) is 19.3 Å². The minimum absolute atomic E-state index is 0.769. The van der Waals surface area contributed by atoms with Crippen molar-refractivity contribution in [2.45, 2.75) is 67.7 Å². The fourth-order valence-electron chi connectivity index (χ4n) is 0.465. The molecule has 1 atom stereocenters. The summed E-state index contributed by atoms with van der Waals surface area (Å²) in [6.07, 6.45) is 8.22. The van der Waals surface area contributed by atoms with Gasteiger partial charge in [0, 0.05) is 0 Å². The molecular formula is C15H34. The van der Waals surface area contributed by atoms with Crippen molar-refractivity contribution >= 4 is 0 Å². The molecule has 0 heterocycles. The molecule has 0 fully saturated rings. The summed E-state index contributed by atoms with van der Waals surface area (Å²) in [6.45, 7) is 20.8. The molecule has 0 spiro atoms. The van der Waals surface area contributed by atoms with Crippen LogP contribution in [-0.4, -0.2) is 0 Å². The Morgan fingerprint density at radius 3 is 1.40 bits per heavy atom. The zero-order valence-corrected chi connectivity index (χ0v) is 12.3. The lowest BCUT2D eigenvalue weighted by Crippen LogP contribution is -1.81. The van der Waals surface area contributed by atoms with Crippen molar-refractivity contribution in [1.82, 2.24) is 0 Å². The van der Waals surface area contributed by atoms with Gasteiger partial charge in [0.1, 0.15) is 0 Å². The van der Waals surface area contributed by atoms with Crippen molar-refractivity contribution in [3.63, 3.8) is 0 Å². The van der Waals surface area contributed by atoms with Gasteiger partial charge in [-0.1, -0.05) is 73.0 Å². The average Bonchev–Trinajstić information content (AvgIpc) is 2.34. The first-order chi connectivity index (χ1) is 7.22. The molecule has 0 saturated heterocycles. The highest BCUT2D eigenvalue weighted by atomic mass is 13.9. The Kier molecular flexibility index (Phi) is 59.9. The first kappa shape index (κ1) is 24.0. The molecule has 0 heteroatoms. The van der Waals surface area contributed by atoms with Crippen molar-refractivity contribution in [2.24, 2.45) is 5.92 Å². The average molecular weight is 214 g/mol. The van der Waals surface area contributed by atoms with Crippen LogP contribution in [0.1, 0.15) is 67.7 Å². The maximum Gasteiger partial charge on any atom is -0.0265 e. The largest absolute Gasteiger partial charge is 0.106 e. The van der Waals surface area contributed by atoms with Gasteiger partial charge in [-0.2, -0.15) is 0 Å². The minimum Gasteiger partial charge on any atom is -0.106 e. The first-order valence-corrected chi connectivity index (χ1v) is 6.35. The SMILES string of the molecule is C/C=C/C(C)CC.C=C.CC.CCCC. The van der Waals surface area contributed by atoms with Crippen LogP contribution in [0.5, 0.6) is 0 Å². The molecule has 94 valence electrons. The Balaban J connectivity index is -0.0000000647. The van der Waals surface area contributed by atoms with Gasteiger partial charge in [0.2, 0.25) is 0 Å². The van der Waals surface area contributed by atoms with E-state index in [1.807, 2.05) is 13.8 Å². The van der Waals surface area contributed by atoms with Gasteiger partial charge in [-0.3, -0.25) is 0 Å². The molecule has 0 aromatic carbocycles. The van der Waals surface area contributed by atoms with Crippen molar-refractivity contribution in [1.29, 1.82) is 0 Å². The van der Waals surface area contributed by atoms with Crippen LogP contribution in [0.2, 0.25) is 0 Å². The molecule has 0 bridgehead atoms. The predicted molar refractivity (Wildman–Crippen MR) is 77.5 cm³/mol. The maximum absolute atomic E-state index is 3.00. The minimum atomic E-state index is 0.769. The number of rotatable bonds is 3. The molecule has 1 unspecified atom stereocenters. The molecule has 0 aliphatic rings. The summed E-state index contributed by atoms with van der Waals surface area (Å²) < 4.78 is 0. The van der Waals surface area contributed by atoms with E-state index in [1.54, 1.807) is 0 Å². The molecule has 0 amide bonds. The van der Waals surface area contributed by atoms with E-state index in [4.69, 9.17) is 0 Å². The third-order valence-electron chi connectivity index (χ3n) is 1.66. The topological polar surface area (TPSA) is 0 Å². The molecule has 0 nitrogen and oxygen atoms in total.